The molecule has 84 valence electrons. The molecule has 0 atom stereocenters. The summed E-state index contributed by atoms with van der Waals surface area (Å²) in [5.41, 5.74) is 0.150. The minimum absolute atomic E-state index is 0.150. The Morgan fingerprint density at radius 1 is 1.07 bits per heavy atom. The number of methoxy groups -OCH3 is 2. The number of rotatable bonds is 3. The molecule has 0 saturated carbocycles. The van der Waals surface area contributed by atoms with E-state index in [1.165, 1.54) is 0 Å². The second-order valence-corrected chi connectivity index (χ2v) is 4.61. The molecule has 0 bridgehead atoms. The lowest BCUT2D eigenvalue weighted by Crippen LogP contribution is -2.12. The van der Waals surface area contributed by atoms with Gasteiger partial charge >= 0.3 is 0 Å². The summed E-state index contributed by atoms with van der Waals surface area (Å²) in [5.74, 6) is 1.83. The van der Waals surface area contributed by atoms with Gasteiger partial charge in [-0.15, -0.1) is 0 Å². The van der Waals surface area contributed by atoms with E-state index in [0.717, 1.165) is 12.2 Å². The largest absolute Gasteiger partial charge is 0.481 e. The fraction of sp³-hybridized carbons (Fsp3) is 0.636. The van der Waals surface area contributed by atoms with Crippen LogP contribution in [0.2, 0.25) is 0 Å². The first-order valence-corrected chi connectivity index (χ1v) is 4.90. The van der Waals surface area contributed by atoms with Crippen molar-refractivity contribution < 1.29 is 9.47 Å². The molecule has 0 fully saturated rings. The minimum atomic E-state index is 0.150. The summed E-state index contributed by atoms with van der Waals surface area (Å²) in [5, 5.41) is 0. The lowest BCUT2D eigenvalue weighted by Gasteiger charge is -2.17. The van der Waals surface area contributed by atoms with Gasteiger partial charge < -0.3 is 9.47 Å². The van der Waals surface area contributed by atoms with Crippen molar-refractivity contribution in [3.05, 3.63) is 11.9 Å². The van der Waals surface area contributed by atoms with E-state index in [1.807, 2.05) is 0 Å². The van der Waals surface area contributed by atoms with Crippen LogP contribution in [0.3, 0.4) is 0 Å². The Kier molecular flexibility index (Phi) is 3.50. The second-order valence-electron chi connectivity index (χ2n) is 4.61. The molecule has 0 spiro atoms. The van der Waals surface area contributed by atoms with E-state index in [0.29, 0.717) is 11.8 Å². The van der Waals surface area contributed by atoms with Crippen molar-refractivity contribution in [2.45, 2.75) is 27.2 Å². The van der Waals surface area contributed by atoms with Crippen LogP contribution in [0.4, 0.5) is 0 Å². The van der Waals surface area contributed by atoms with Crippen molar-refractivity contribution in [1.29, 1.82) is 0 Å². The molecule has 0 radical (unpaired) electrons. The Morgan fingerprint density at radius 3 is 1.87 bits per heavy atom. The summed E-state index contributed by atoms with van der Waals surface area (Å²) in [6.07, 6.45) is 0.792. The SMILES string of the molecule is COc1cc(OC)nc(CC(C)(C)C)n1. The van der Waals surface area contributed by atoms with E-state index in [-0.39, 0.29) is 5.41 Å². The molecule has 0 aromatic carbocycles. The van der Waals surface area contributed by atoms with E-state index in [4.69, 9.17) is 9.47 Å². The van der Waals surface area contributed by atoms with Gasteiger partial charge in [0, 0.05) is 6.42 Å². The molecule has 0 unspecified atom stereocenters. The van der Waals surface area contributed by atoms with Crippen LogP contribution < -0.4 is 9.47 Å². The third-order valence-corrected chi connectivity index (χ3v) is 1.83. The molecule has 0 aliphatic rings. The molecule has 1 aromatic rings. The molecule has 0 saturated heterocycles. The van der Waals surface area contributed by atoms with Crippen LogP contribution >= 0.6 is 0 Å². The van der Waals surface area contributed by atoms with Crippen molar-refractivity contribution in [3.8, 4) is 11.8 Å². The van der Waals surface area contributed by atoms with Crippen molar-refractivity contribution >= 4 is 0 Å². The van der Waals surface area contributed by atoms with Crippen LogP contribution in [-0.2, 0) is 6.42 Å². The molecular weight excluding hydrogens is 192 g/mol. The van der Waals surface area contributed by atoms with Crippen molar-refractivity contribution in [2.24, 2.45) is 5.41 Å². The van der Waals surface area contributed by atoms with Crippen LogP contribution in [0, 0.1) is 5.41 Å². The van der Waals surface area contributed by atoms with Crippen molar-refractivity contribution in [2.75, 3.05) is 14.2 Å². The third-order valence-electron chi connectivity index (χ3n) is 1.83. The van der Waals surface area contributed by atoms with Crippen LogP contribution in [-0.4, -0.2) is 24.2 Å². The molecule has 1 aromatic heterocycles. The Morgan fingerprint density at radius 2 is 1.53 bits per heavy atom. The van der Waals surface area contributed by atoms with Crippen molar-refractivity contribution in [1.82, 2.24) is 9.97 Å². The minimum Gasteiger partial charge on any atom is -0.481 e. The molecule has 1 rings (SSSR count). The number of hydrogen-bond acceptors (Lipinski definition) is 4. The molecule has 4 heteroatoms. The topological polar surface area (TPSA) is 44.2 Å². The first kappa shape index (κ1) is 11.8. The maximum absolute atomic E-state index is 5.08. The summed E-state index contributed by atoms with van der Waals surface area (Å²) < 4.78 is 10.2. The maximum atomic E-state index is 5.08. The van der Waals surface area contributed by atoms with Gasteiger partial charge in [-0.1, -0.05) is 20.8 Å². The van der Waals surface area contributed by atoms with Gasteiger partial charge in [0.25, 0.3) is 0 Å². The molecule has 1 heterocycles. The lowest BCUT2D eigenvalue weighted by molar-refractivity contribution is 0.354. The normalized spacial score (nSPS) is 11.3. The number of ether oxygens (including phenoxy) is 2. The van der Waals surface area contributed by atoms with Crippen LogP contribution in [0.5, 0.6) is 11.8 Å². The predicted molar refractivity (Wildman–Crippen MR) is 58.3 cm³/mol. The zero-order valence-corrected chi connectivity index (χ0v) is 10.00. The average Bonchev–Trinajstić information content (AvgIpc) is 2.14. The summed E-state index contributed by atoms with van der Waals surface area (Å²) in [4.78, 5) is 8.54. The van der Waals surface area contributed by atoms with Gasteiger partial charge in [0.2, 0.25) is 11.8 Å². The van der Waals surface area contributed by atoms with Gasteiger partial charge in [0.1, 0.15) is 5.82 Å². The monoisotopic (exact) mass is 210 g/mol. The first-order valence-electron chi connectivity index (χ1n) is 4.90. The fourth-order valence-corrected chi connectivity index (χ4v) is 1.21. The predicted octanol–water partition coefficient (Wildman–Crippen LogP) is 2.08. The summed E-state index contributed by atoms with van der Waals surface area (Å²) in [6, 6.07) is 1.67. The maximum Gasteiger partial charge on any atom is 0.220 e. The quantitative estimate of drug-likeness (QED) is 0.766. The average molecular weight is 210 g/mol. The molecular formula is C11H18N2O2. The van der Waals surface area contributed by atoms with Crippen LogP contribution in [0.1, 0.15) is 26.6 Å². The lowest BCUT2D eigenvalue weighted by atomic mass is 9.92. The Bertz CT molecular complexity index is 310. The smallest absolute Gasteiger partial charge is 0.220 e. The second kappa shape index (κ2) is 4.47. The van der Waals surface area contributed by atoms with Crippen molar-refractivity contribution in [3.63, 3.8) is 0 Å². The van der Waals surface area contributed by atoms with E-state index in [9.17, 15) is 0 Å². The van der Waals surface area contributed by atoms with Crippen LogP contribution in [0.25, 0.3) is 0 Å². The van der Waals surface area contributed by atoms with Crippen LogP contribution in [0.15, 0.2) is 6.07 Å². The molecule has 0 aliphatic heterocycles. The molecule has 4 nitrogen and oxygen atoms in total. The highest BCUT2D eigenvalue weighted by Crippen LogP contribution is 2.22. The number of aromatic nitrogens is 2. The van der Waals surface area contributed by atoms with E-state index >= 15 is 0 Å². The zero-order valence-electron chi connectivity index (χ0n) is 10.00. The molecule has 0 N–H and O–H groups in total. The highest BCUT2D eigenvalue weighted by atomic mass is 16.5. The summed E-state index contributed by atoms with van der Waals surface area (Å²) in [7, 11) is 3.17. The summed E-state index contributed by atoms with van der Waals surface area (Å²) >= 11 is 0. The van der Waals surface area contributed by atoms with E-state index in [1.54, 1.807) is 20.3 Å². The first-order chi connectivity index (χ1) is 6.94. The van der Waals surface area contributed by atoms with E-state index < -0.39 is 0 Å². The van der Waals surface area contributed by atoms with Gasteiger partial charge in [-0.3, -0.25) is 0 Å². The van der Waals surface area contributed by atoms with E-state index in [2.05, 4.69) is 30.7 Å². The fourth-order valence-electron chi connectivity index (χ4n) is 1.21. The summed E-state index contributed by atoms with van der Waals surface area (Å²) in [6.45, 7) is 6.42. The molecule has 15 heavy (non-hydrogen) atoms. The number of nitrogens with zero attached hydrogens (tertiary/aromatic N) is 2. The zero-order chi connectivity index (χ0) is 11.5. The Balaban J connectivity index is 2.97. The molecule has 0 aliphatic carbocycles. The third kappa shape index (κ3) is 3.73. The van der Waals surface area contributed by atoms with Gasteiger partial charge in [-0.2, -0.15) is 9.97 Å². The van der Waals surface area contributed by atoms with Gasteiger partial charge in [0.05, 0.1) is 20.3 Å². The van der Waals surface area contributed by atoms with Gasteiger partial charge in [0.15, 0.2) is 0 Å². The highest BCUT2D eigenvalue weighted by Gasteiger charge is 2.15. The van der Waals surface area contributed by atoms with Gasteiger partial charge in [-0.25, -0.2) is 0 Å². The molecule has 0 amide bonds. The Hall–Kier alpha value is -1.32. The Labute approximate surface area is 90.7 Å². The number of hydrogen-bond donors (Lipinski definition) is 0. The van der Waals surface area contributed by atoms with Gasteiger partial charge in [-0.05, 0) is 5.41 Å². The standard InChI is InChI=1S/C11H18N2O2/c1-11(2,3)7-8-12-9(14-4)6-10(13-8)15-5/h6H,7H2,1-5H3. The highest BCUT2D eigenvalue weighted by molar-refractivity contribution is 5.21.